The smallest absolute Gasteiger partial charge is 0.407 e. The maximum absolute atomic E-state index is 10.3. The zero-order chi connectivity index (χ0) is 12.6. The highest BCUT2D eigenvalue weighted by atomic mass is 16.5. The monoisotopic (exact) mass is 231 g/mol. The van der Waals surface area contributed by atoms with E-state index in [0.29, 0.717) is 0 Å². The van der Waals surface area contributed by atoms with E-state index in [-0.39, 0.29) is 5.76 Å². The van der Waals surface area contributed by atoms with Crippen LogP contribution in [0.4, 0.5) is 4.79 Å². The van der Waals surface area contributed by atoms with Crippen LogP contribution in [0.2, 0.25) is 0 Å². The molecule has 0 aromatic rings. The van der Waals surface area contributed by atoms with E-state index in [1.807, 2.05) is 0 Å². The zero-order valence-corrected chi connectivity index (χ0v) is 9.31. The van der Waals surface area contributed by atoms with E-state index in [4.69, 9.17) is 10.2 Å². The van der Waals surface area contributed by atoms with Gasteiger partial charge in [0.1, 0.15) is 0 Å². The minimum Gasteiger partial charge on any atom is -0.490 e. The molecule has 2 N–H and O–H groups in total. The van der Waals surface area contributed by atoms with Gasteiger partial charge in [0.2, 0.25) is 0 Å². The molecule has 16 heavy (non-hydrogen) atoms. The Labute approximate surface area is 94.1 Å². The number of rotatable bonds is 2. The highest BCUT2D eigenvalue weighted by Gasteiger charge is 2.13. The first-order chi connectivity index (χ1) is 7.49. The molecule has 0 atom stereocenters. The third-order valence-electron chi connectivity index (χ3n) is 2.11. The predicted molar refractivity (Wildman–Crippen MR) is 57.2 cm³/mol. The lowest BCUT2D eigenvalue weighted by molar-refractivity contribution is -0.136. The van der Waals surface area contributed by atoms with Gasteiger partial charge in [0.05, 0.1) is 7.11 Å². The van der Waals surface area contributed by atoms with Crippen LogP contribution < -0.4 is 0 Å². The summed E-state index contributed by atoms with van der Waals surface area (Å²) in [6.07, 6.45) is 2.48. The summed E-state index contributed by atoms with van der Waals surface area (Å²) in [5.74, 6) is -1.36. The van der Waals surface area contributed by atoms with E-state index >= 15 is 0 Å². The minimum absolute atomic E-state index is 0.236. The minimum atomic E-state index is -1.12. The molecule has 0 unspecified atom stereocenters. The molecular weight excluding hydrogens is 214 g/mol. The molecule has 0 aromatic heterocycles. The van der Waals surface area contributed by atoms with Crippen LogP contribution in [0.3, 0.4) is 0 Å². The summed E-state index contributed by atoms with van der Waals surface area (Å²) >= 11 is 0. The first-order valence-corrected chi connectivity index (χ1v) is 4.93. The quantitative estimate of drug-likeness (QED) is 0.553. The van der Waals surface area contributed by atoms with Gasteiger partial charge in [-0.3, -0.25) is 0 Å². The van der Waals surface area contributed by atoms with E-state index in [9.17, 15) is 9.59 Å². The third-order valence-corrected chi connectivity index (χ3v) is 2.11. The Kier molecular flexibility index (Phi) is 6.74. The SMILES string of the molecule is C=C(OC)C(=O)O.O=C(O)N1CCCCC1. The largest absolute Gasteiger partial charge is 0.490 e. The van der Waals surface area contributed by atoms with Gasteiger partial charge in [-0.05, 0) is 25.8 Å². The average molecular weight is 231 g/mol. The number of carboxylic acid groups (broad SMARTS) is 2. The van der Waals surface area contributed by atoms with Gasteiger partial charge in [-0.1, -0.05) is 0 Å². The van der Waals surface area contributed by atoms with Gasteiger partial charge in [-0.2, -0.15) is 0 Å². The topological polar surface area (TPSA) is 87.1 Å². The maximum Gasteiger partial charge on any atom is 0.407 e. The molecular formula is C10H17NO5. The van der Waals surface area contributed by atoms with E-state index in [1.165, 1.54) is 18.4 Å². The second-order valence-electron chi connectivity index (χ2n) is 3.26. The van der Waals surface area contributed by atoms with Crippen LogP contribution in [0.15, 0.2) is 12.3 Å². The summed E-state index contributed by atoms with van der Waals surface area (Å²) in [6, 6.07) is 0. The van der Waals surface area contributed by atoms with Gasteiger partial charge < -0.3 is 19.8 Å². The summed E-state index contributed by atoms with van der Waals surface area (Å²) < 4.78 is 4.22. The molecule has 92 valence electrons. The van der Waals surface area contributed by atoms with Crippen LogP contribution in [0.5, 0.6) is 0 Å². The molecule has 0 spiro atoms. The van der Waals surface area contributed by atoms with Gasteiger partial charge >= 0.3 is 12.1 Å². The molecule has 0 saturated carbocycles. The lowest BCUT2D eigenvalue weighted by atomic mass is 10.1. The number of piperidine rings is 1. The summed E-state index contributed by atoms with van der Waals surface area (Å²) in [6.45, 7) is 4.51. The van der Waals surface area contributed by atoms with Crippen molar-refractivity contribution in [2.75, 3.05) is 20.2 Å². The second-order valence-corrected chi connectivity index (χ2v) is 3.26. The molecule has 1 heterocycles. The van der Waals surface area contributed by atoms with E-state index in [2.05, 4.69) is 11.3 Å². The van der Waals surface area contributed by atoms with Gasteiger partial charge in [0, 0.05) is 13.1 Å². The average Bonchev–Trinajstić information content (AvgIpc) is 2.29. The Hall–Kier alpha value is -1.72. The molecule has 1 aliphatic heterocycles. The molecule has 0 radical (unpaired) electrons. The lowest BCUT2D eigenvalue weighted by Crippen LogP contribution is -2.34. The Morgan fingerprint density at radius 3 is 1.88 bits per heavy atom. The molecule has 6 nitrogen and oxygen atoms in total. The fourth-order valence-corrected chi connectivity index (χ4v) is 1.17. The number of likely N-dealkylation sites (tertiary alicyclic amines) is 1. The van der Waals surface area contributed by atoms with Crippen molar-refractivity contribution in [3.63, 3.8) is 0 Å². The molecule has 1 aliphatic rings. The molecule has 1 fully saturated rings. The number of aliphatic carboxylic acids is 1. The van der Waals surface area contributed by atoms with Crippen molar-refractivity contribution in [1.29, 1.82) is 0 Å². The van der Waals surface area contributed by atoms with Crippen molar-refractivity contribution in [1.82, 2.24) is 4.90 Å². The van der Waals surface area contributed by atoms with Crippen LogP contribution in [-0.4, -0.2) is 47.4 Å². The second kappa shape index (κ2) is 7.56. The number of nitrogens with zero attached hydrogens (tertiary/aromatic N) is 1. The molecule has 1 rings (SSSR count). The predicted octanol–water partition coefficient (Wildman–Crippen LogP) is 1.38. The first kappa shape index (κ1) is 14.3. The van der Waals surface area contributed by atoms with Gasteiger partial charge in [-0.15, -0.1) is 0 Å². The number of ether oxygens (including phenoxy) is 1. The fraction of sp³-hybridized carbons (Fsp3) is 0.600. The van der Waals surface area contributed by atoms with E-state index in [1.54, 1.807) is 0 Å². The summed E-state index contributed by atoms with van der Waals surface area (Å²) in [7, 11) is 1.26. The molecule has 0 bridgehead atoms. The fourth-order valence-electron chi connectivity index (χ4n) is 1.17. The summed E-state index contributed by atoms with van der Waals surface area (Å²) in [4.78, 5) is 21.5. The Bertz CT molecular complexity index is 258. The highest BCUT2D eigenvalue weighted by molar-refractivity contribution is 5.83. The number of methoxy groups -OCH3 is 1. The number of carbonyl (C=O) groups is 2. The number of carboxylic acids is 1. The van der Waals surface area contributed by atoms with Crippen molar-refractivity contribution in [2.45, 2.75) is 19.3 Å². The van der Waals surface area contributed by atoms with Crippen molar-refractivity contribution < 1.29 is 24.5 Å². The number of amides is 1. The Morgan fingerprint density at radius 2 is 1.69 bits per heavy atom. The molecule has 1 amide bonds. The highest BCUT2D eigenvalue weighted by Crippen LogP contribution is 2.07. The van der Waals surface area contributed by atoms with E-state index < -0.39 is 12.1 Å². The Morgan fingerprint density at radius 1 is 1.19 bits per heavy atom. The summed E-state index contributed by atoms with van der Waals surface area (Å²) in [5.41, 5.74) is 0. The summed E-state index contributed by atoms with van der Waals surface area (Å²) in [5, 5.41) is 16.4. The molecule has 0 aliphatic carbocycles. The van der Waals surface area contributed by atoms with Crippen molar-refractivity contribution >= 4 is 12.1 Å². The molecule has 1 saturated heterocycles. The maximum atomic E-state index is 10.3. The zero-order valence-electron chi connectivity index (χ0n) is 9.31. The third kappa shape index (κ3) is 5.90. The van der Waals surface area contributed by atoms with Crippen LogP contribution >= 0.6 is 0 Å². The van der Waals surface area contributed by atoms with E-state index in [0.717, 1.165) is 25.9 Å². The molecule has 6 heteroatoms. The lowest BCUT2D eigenvalue weighted by Gasteiger charge is -2.22. The van der Waals surface area contributed by atoms with Crippen molar-refractivity contribution in [3.05, 3.63) is 12.3 Å². The Balaban J connectivity index is 0.000000293. The van der Waals surface area contributed by atoms with Crippen LogP contribution in [-0.2, 0) is 9.53 Å². The number of hydrogen-bond acceptors (Lipinski definition) is 3. The van der Waals surface area contributed by atoms with Gasteiger partial charge in [0.15, 0.2) is 5.76 Å². The van der Waals surface area contributed by atoms with Crippen LogP contribution in [0, 0.1) is 0 Å². The van der Waals surface area contributed by atoms with Gasteiger partial charge in [0.25, 0.3) is 0 Å². The van der Waals surface area contributed by atoms with Gasteiger partial charge in [-0.25, -0.2) is 9.59 Å². The normalized spacial score (nSPS) is 14.4. The molecule has 0 aromatic carbocycles. The van der Waals surface area contributed by atoms with Crippen molar-refractivity contribution in [2.24, 2.45) is 0 Å². The van der Waals surface area contributed by atoms with Crippen molar-refractivity contribution in [3.8, 4) is 0 Å². The van der Waals surface area contributed by atoms with Crippen LogP contribution in [0.1, 0.15) is 19.3 Å². The first-order valence-electron chi connectivity index (χ1n) is 4.93. The van der Waals surface area contributed by atoms with Crippen LogP contribution in [0.25, 0.3) is 0 Å². The standard InChI is InChI=1S/C6H11NO2.C4H6O3/c8-6(9)7-4-2-1-3-5-7;1-3(7-2)4(5)6/h1-5H2,(H,8,9);1H2,2H3,(H,5,6). The number of hydrogen-bond donors (Lipinski definition) is 2.